The summed E-state index contributed by atoms with van der Waals surface area (Å²) in [6.07, 6.45) is 0.160. The molecule has 2 heterocycles. The van der Waals surface area contributed by atoms with E-state index in [1.165, 1.54) is 22.5 Å². The van der Waals surface area contributed by atoms with Crippen LogP contribution in [0.1, 0.15) is 32.4 Å². The van der Waals surface area contributed by atoms with Gasteiger partial charge in [0.05, 0.1) is 22.3 Å². The van der Waals surface area contributed by atoms with E-state index in [-0.39, 0.29) is 23.2 Å². The monoisotopic (exact) mass is 407 g/mol. The summed E-state index contributed by atoms with van der Waals surface area (Å²) in [5, 5.41) is 15.7. The van der Waals surface area contributed by atoms with Gasteiger partial charge in [-0.25, -0.2) is 4.99 Å². The Morgan fingerprint density at radius 1 is 1.21 bits per heavy atom. The third kappa shape index (κ3) is 3.52. The maximum Gasteiger partial charge on any atom is 0.274 e. The summed E-state index contributed by atoms with van der Waals surface area (Å²) < 4.78 is 1.26. The Kier molecular flexibility index (Phi) is 4.89. The largest absolute Gasteiger partial charge is 0.378 e. The van der Waals surface area contributed by atoms with Crippen LogP contribution in [0.5, 0.6) is 0 Å². The maximum absolute atomic E-state index is 12.9. The molecule has 0 saturated heterocycles. The average molecular weight is 407 g/mol. The van der Waals surface area contributed by atoms with E-state index >= 15 is 0 Å². The number of nitrogens with zero attached hydrogens (tertiary/aromatic N) is 4. The molecule has 0 bridgehead atoms. The van der Waals surface area contributed by atoms with E-state index in [0.717, 1.165) is 5.56 Å². The fraction of sp³-hybridized carbons (Fsp3) is 0.150. The zero-order chi connectivity index (χ0) is 20.5. The number of aryl methyl sites for hydroxylation is 1. The number of aromatic nitrogens is 2. The lowest BCUT2D eigenvalue weighted by Gasteiger charge is -2.21. The van der Waals surface area contributed by atoms with Gasteiger partial charge in [-0.2, -0.15) is 9.78 Å². The zero-order valence-corrected chi connectivity index (χ0v) is 16.3. The number of hydrogen-bond donors (Lipinski definition) is 1. The second kappa shape index (κ2) is 7.51. The minimum Gasteiger partial charge on any atom is -0.378 e. The van der Waals surface area contributed by atoms with Crippen LogP contribution in [0, 0.1) is 17.0 Å². The highest BCUT2D eigenvalue weighted by molar-refractivity contribution is 8.14. The van der Waals surface area contributed by atoms with Crippen LogP contribution in [-0.2, 0) is 6.42 Å². The Labute approximate surface area is 170 Å². The Morgan fingerprint density at radius 2 is 1.90 bits per heavy atom. The van der Waals surface area contributed by atoms with E-state index < -0.39 is 10.2 Å². The first-order chi connectivity index (χ1) is 14.0. The summed E-state index contributed by atoms with van der Waals surface area (Å²) in [5.41, 5.74) is 8.63. The van der Waals surface area contributed by atoms with Crippen LogP contribution in [0.15, 0.2) is 59.6 Å². The van der Waals surface area contributed by atoms with Gasteiger partial charge < -0.3 is 5.73 Å². The number of nitro benzene ring substituents is 1. The number of aliphatic imine (C=N–C) groups is 1. The number of carbonyl (C=O) groups is 1. The molecule has 29 heavy (non-hydrogen) atoms. The van der Waals surface area contributed by atoms with Gasteiger partial charge in [0.1, 0.15) is 0 Å². The van der Waals surface area contributed by atoms with Crippen molar-refractivity contribution in [1.29, 1.82) is 0 Å². The van der Waals surface area contributed by atoms with Crippen LogP contribution < -0.4 is 5.73 Å². The van der Waals surface area contributed by atoms with Crippen LogP contribution in [-0.4, -0.2) is 25.8 Å². The van der Waals surface area contributed by atoms with E-state index in [2.05, 4.69) is 10.1 Å². The zero-order valence-electron chi connectivity index (χ0n) is 15.5. The quantitative estimate of drug-likeness (QED) is 0.520. The van der Waals surface area contributed by atoms with Crippen LogP contribution in [0.25, 0.3) is 0 Å². The molecule has 2 N–H and O–H groups in total. The van der Waals surface area contributed by atoms with Gasteiger partial charge in [-0.1, -0.05) is 60.3 Å². The lowest BCUT2D eigenvalue weighted by Crippen LogP contribution is -2.19. The van der Waals surface area contributed by atoms with Gasteiger partial charge in [-0.15, -0.1) is 0 Å². The van der Waals surface area contributed by atoms with E-state index in [9.17, 15) is 14.9 Å². The number of carbonyl (C=O) groups excluding carboxylic acids is 1. The molecule has 0 unspecified atom stereocenters. The van der Waals surface area contributed by atoms with Gasteiger partial charge in [-0.3, -0.25) is 14.9 Å². The van der Waals surface area contributed by atoms with Crippen LogP contribution in [0.3, 0.4) is 0 Å². The Morgan fingerprint density at radius 3 is 2.62 bits per heavy atom. The predicted molar refractivity (Wildman–Crippen MR) is 112 cm³/mol. The van der Waals surface area contributed by atoms with Crippen molar-refractivity contribution in [3.63, 3.8) is 0 Å². The molecule has 0 spiro atoms. The lowest BCUT2D eigenvalue weighted by atomic mass is 10.0. The van der Waals surface area contributed by atoms with Crippen LogP contribution >= 0.6 is 11.8 Å². The number of hydrogen-bond acceptors (Lipinski definition) is 7. The first-order valence-corrected chi connectivity index (χ1v) is 9.74. The molecule has 1 aromatic heterocycles. The number of nitro groups is 1. The highest BCUT2D eigenvalue weighted by Crippen LogP contribution is 2.48. The second-order valence-electron chi connectivity index (χ2n) is 6.55. The van der Waals surface area contributed by atoms with Gasteiger partial charge >= 0.3 is 0 Å². The fourth-order valence-electron chi connectivity index (χ4n) is 3.37. The smallest absolute Gasteiger partial charge is 0.274 e. The fourth-order valence-corrected chi connectivity index (χ4v) is 4.47. The van der Waals surface area contributed by atoms with Crippen molar-refractivity contribution in [3.05, 3.63) is 87.1 Å². The van der Waals surface area contributed by atoms with Crippen molar-refractivity contribution in [2.45, 2.75) is 18.6 Å². The first kappa shape index (κ1) is 18.9. The highest BCUT2D eigenvalue weighted by atomic mass is 32.2. The summed E-state index contributed by atoms with van der Waals surface area (Å²) in [7, 11) is 0. The molecular formula is C20H17N5O3S. The van der Waals surface area contributed by atoms with Crippen molar-refractivity contribution in [2.24, 2.45) is 10.7 Å². The number of amidine groups is 1. The number of rotatable bonds is 4. The third-order valence-electron chi connectivity index (χ3n) is 4.65. The maximum atomic E-state index is 12.9. The molecule has 0 radical (unpaired) electrons. The SMILES string of the molecule is Cc1nn(C(=O)Cc2ccccc2)c2c1[C@@H](c1ccccc1[N+](=O)[O-])SC(N)=N2. The Balaban J connectivity index is 1.79. The predicted octanol–water partition coefficient (Wildman–Crippen LogP) is 3.77. The molecule has 0 saturated carbocycles. The topological polar surface area (TPSA) is 116 Å². The molecule has 0 fully saturated rings. The molecule has 1 atom stereocenters. The van der Waals surface area contributed by atoms with E-state index in [4.69, 9.17) is 5.73 Å². The molecule has 1 aliphatic rings. The summed E-state index contributed by atoms with van der Waals surface area (Å²) in [6, 6.07) is 15.9. The van der Waals surface area contributed by atoms with Gasteiger partial charge in [0, 0.05) is 17.2 Å². The number of benzene rings is 2. The van der Waals surface area contributed by atoms with Crippen molar-refractivity contribution in [3.8, 4) is 0 Å². The first-order valence-electron chi connectivity index (χ1n) is 8.86. The molecule has 0 amide bonds. The van der Waals surface area contributed by atoms with Crippen molar-refractivity contribution < 1.29 is 9.72 Å². The molecule has 9 heteroatoms. The second-order valence-corrected chi connectivity index (χ2v) is 7.68. The summed E-state index contributed by atoms with van der Waals surface area (Å²) in [4.78, 5) is 28.3. The number of fused-ring (bicyclic) bond motifs is 1. The third-order valence-corrected chi connectivity index (χ3v) is 5.71. The molecule has 1 aliphatic heterocycles. The Bertz CT molecular complexity index is 1140. The molecule has 8 nitrogen and oxygen atoms in total. The molecule has 4 rings (SSSR count). The molecule has 146 valence electrons. The number of thioether (sulfide) groups is 1. The van der Waals surface area contributed by atoms with Gasteiger partial charge in [0.25, 0.3) is 11.6 Å². The molecule has 2 aromatic carbocycles. The van der Waals surface area contributed by atoms with Gasteiger partial charge in [0.15, 0.2) is 11.0 Å². The summed E-state index contributed by atoms with van der Waals surface area (Å²) in [5.74, 6) is 0.0909. The average Bonchev–Trinajstić information content (AvgIpc) is 3.04. The highest BCUT2D eigenvalue weighted by Gasteiger charge is 2.35. The number of nitrogens with two attached hydrogens (primary N) is 1. The van der Waals surface area contributed by atoms with Crippen molar-refractivity contribution in [1.82, 2.24) is 9.78 Å². The molecule has 0 aliphatic carbocycles. The van der Waals surface area contributed by atoms with Gasteiger partial charge in [-0.05, 0) is 12.5 Å². The van der Waals surface area contributed by atoms with Crippen molar-refractivity contribution >= 4 is 34.3 Å². The van der Waals surface area contributed by atoms with Crippen LogP contribution in [0.2, 0.25) is 0 Å². The summed E-state index contributed by atoms with van der Waals surface area (Å²) >= 11 is 1.22. The van der Waals surface area contributed by atoms with E-state index in [1.807, 2.05) is 30.3 Å². The standard InChI is InChI=1S/C20H17N5O3S/c1-12-17-18(14-9-5-6-10-15(14)25(27)28)29-20(21)22-19(17)24(23-12)16(26)11-13-7-3-2-4-8-13/h2-10,18H,11H2,1H3,(H2,21,22)/t18-/m1/s1. The molecule has 3 aromatic rings. The number of para-hydroxylation sites is 1. The normalized spacial score (nSPS) is 15.5. The lowest BCUT2D eigenvalue weighted by molar-refractivity contribution is -0.385. The molecular weight excluding hydrogens is 390 g/mol. The van der Waals surface area contributed by atoms with Crippen molar-refractivity contribution in [2.75, 3.05) is 0 Å². The minimum atomic E-state index is -0.470. The van der Waals surface area contributed by atoms with E-state index in [0.29, 0.717) is 22.6 Å². The van der Waals surface area contributed by atoms with E-state index in [1.54, 1.807) is 25.1 Å². The minimum absolute atomic E-state index is 0.00610. The summed E-state index contributed by atoms with van der Waals surface area (Å²) in [6.45, 7) is 1.77. The Hall–Kier alpha value is -3.46. The van der Waals surface area contributed by atoms with Crippen LogP contribution in [0.4, 0.5) is 11.5 Å². The van der Waals surface area contributed by atoms with Gasteiger partial charge in [0.2, 0.25) is 0 Å².